The number of halogens is 2. The number of benzene rings is 1. The summed E-state index contributed by atoms with van der Waals surface area (Å²) in [7, 11) is 1.20. The first-order chi connectivity index (χ1) is 8.61. The summed E-state index contributed by atoms with van der Waals surface area (Å²) >= 11 is 0. The fourth-order valence-corrected chi connectivity index (χ4v) is 1.38. The van der Waals surface area contributed by atoms with Gasteiger partial charge in [0, 0.05) is 6.20 Å². The van der Waals surface area contributed by atoms with Crippen molar-refractivity contribution in [2.24, 2.45) is 0 Å². The van der Waals surface area contributed by atoms with Gasteiger partial charge < -0.3 is 4.74 Å². The number of aromatic nitrogens is 2. The molecule has 0 aliphatic carbocycles. The molecule has 0 bridgehead atoms. The van der Waals surface area contributed by atoms with Crippen molar-refractivity contribution in [3.63, 3.8) is 0 Å². The number of methoxy groups -OCH3 is 1. The molecule has 0 radical (unpaired) electrons. The Hall–Kier alpha value is -2.37. The van der Waals surface area contributed by atoms with Gasteiger partial charge in [-0.05, 0) is 24.3 Å². The quantitative estimate of drug-likeness (QED) is 0.767. The monoisotopic (exact) mass is 250 g/mol. The summed E-state index contributed by atoms with van der Waals surface area (Å²) in [5.74, 6) is -2.03. The van der Waals surface area contributed by atoms with E-state index in [1.807, 2.05) is 0 Å². The van der Waals surface area contributed by atoms with Crippen LogP contribution in [-0.4, -0.2) is 23.0 Å². The van der Waals surface area contributed by atoms with Crippen molar-refractivity contribution >= 4 is 5.97 Å². The van der Waals surface area contributed by atoms with E-state index < -0.39 is 17.6 Å². The first kappa shape index (κ1) is 12.1. The number of ether oxygens (including phenoxy) is 1. The van der Waals surface area contributed by atoms with E-state index in [2.05, 4.69) is 14.7 Å². The minimum atomic E-state index is -0.671. The van der Waals surface area contributed by atoms with Gasteiger partial charge in [-0.25, -0.2) is 23.5 Å². The Labute approximate surface area is 101 Å². The van der Waals surface area contributed by atoms with Gasteiger partial charge in [0.05, 0.1) is 12.7 Å². The Morgan fingerprint density at radius 2 is 2.06 bits per heavy atom. The van der Waals surface area contributed by atoms with Gasteiger partial charge >= 0.3 is 5.97 Å². The van der Waals surface area contributed by atoms with Gasteiger partial charge in [-0.1, -0.05) is 0 Å². The number of hydrogen-bond acceptors (Lipinski definition) is 4. The first-order valence-electron chi connectivity index (χ1n) is 4.98. The third-order valence-corrected chi connectivity index (χ3v) is 2.22. The van der Waals surface area contributed by atoms with E-state index >= 15 is 0 Å². The lowest BCUT2D eigenvalue weighted by Gasteiger charge is -2.03. The van der Waals surface area contributed by atoms with E-state index in [0.717, 1.165) is 18.2 Å². The Bertz CT molecular complexity index is 602. The van der Waals surface area contributed by atoms with Crippen LogP contribution in [0.15, 0.2) is 30.5 Å². The Kier molecular flexibility index (Phi) is 3.27. The molecule has 2 aromatic rings. The maximum absolute atomic E-state index is 13.5. The average molecular weight is 250 g/mol. The lowest BCUT2D eigenvalue weighted by atomic mass is 10.2. The Balaban J connectivity index is 2.51. The molecule has 6 heteroatoms. The molecule has 1 aromatic carbocycles. The molecule has 2 rings (SSSR count). The highest BCUT2D eigenvalue weighted by Crippen LogP contribution is 2.20. The molecule has 92 valence electrons. The van der Waals surface area contributed by atoms with Crippen LogP contribution >= 0.6 is 0 Å². The third-order valence-electron chi connectivity index (χ3n) is 2.22. The summed E-state index contributed by atoms with van der Waals surface area (Å²) in [6.07, 6.45) is 1.28. The fourth-order valence-electron chi connectivity index (χ4n) is 1.38. The van der Waals surface area contributed by atoms with Crippen LogP contribution in [0.2, 0.25) is 0 Å². The Morgan fingerprint density at radius 3 is 2.78 bits per heavy atom. The van der Waals surface area contributed by atoms with Crippen molar-refractivity contribution < 1.29 is 18.3 Å². The smallest absolute Gasteiger partial charge is 0.356 e. The molecule has 0 atom stereocenters. The van der Waals surface area contributed by atoms with Crippen LogP contribution in [0.1, 0.15) is 10.5 Å². The summed E-state index contributed by atoms with van der Waals surface area (Å²) in [4.78, 5) is 18.9. The predicted octanol–water partition coefficient (Wildman–Crippen LogP) is 2.21. The van der Waals surface area contributed by atoms with Crippen molar-refractivity contribution in [2.45, 2.75) is 0 Å². The van der Waals surface area contributed by atoms with E-state index in [-0.39, 0.29) is 17.1 Å². The second-order valence-electron chi connectivity index (χ2n) is 3.38. The van der Waals surface area contributed by atoms with Crippen molar-refractivity contribution in [1.82, 2.24) is 9.97 Å². The van der Waals surface area contributed by atoms with Crippen LogP contribution in [0.3, 0.4) is 0 Å². The standard InChI is InChI=1S/C12H8F2N2O2/c1-18-12(17)10-4-5-15-11(16-10)8-6-7(13)2-3-9(8)14/h2-6H,1H3. The average Bonchev–Trinajstić information content (AvgIpc) is 2.40. The number of carbonyl (C=O) groups is 1. The molecule has 1 heterocycles. The molecule has 0 aliphatic rings. The zero-order valence-electron chi connectivity index (χ0n) is 9.35. The fraction of sp³-hybridized carbons (Fsp3) is 0.0833. The van der Waals surface area contributed by atoms with Crippen LogP contribution in [0, 0.1) is 11.6 Å². The second kappa shape index (κ2) is 4.87. The maximum Gasteiger partial charge on any atom is 0.356 e. The first-order valence-corrected chi connectivity index (χ1v) is 4.98. The summed E-state index contributed by atoms with van der Waals surface area (Å²) in [6.45, 7) is 0. The number of carbonyl (C=O) groups excluding carboxylic acids is 1. The van der Waals surface area contributed by atoms with Gasteiger partial charge in [-0.15, -0.1) is 0 Å². The summed E-state index contributed by atoms with van der Waals surface area (Å²) < 4.78 is 31.0. The summed E-state index contributed by atoms with van der Waals surface area (Å²) in [6, 6.07) is 4.25. The highest BCUT2D eigenvalue weighted by atomic mass is 19.1. The van der Waals surface area contributed by atoms with Gasteiger partial charge in [-0.2, -0.15) is 0 Å². The zero-order chi connectivity index (χ0) is 13.1. The molecule has 0 saturated carbocycles. The number of esters is 1. The van der Waals surface area contributed by atoms with Crippen molar-refractivity contribution in [2.75, 3.05) is 7.11 Å². The van der Waals surface area contributed by atoms with Gasteiger partial charge in [0.2, 0.25) is 0 Å². The number of rotatable bonds is 2. The van der Waals surface area contributed by atoms with E-state index in [9.17, 15) is 13.6 Å². The third kappa shape index (κ3) is 2.32. The lowest BCUT2D eigenvalue weighted by Crippen LogP contribution is -2.06. The van der Waals surface area contributed by atoms with E-state index in [0.29, 0.717) is 0 Å². The molecule has 0 unspecified atom stereocenters. The normalized spacial score (nSPS) is 10.2. The van der Waals surface area contributed by atoms with E-state index in [4.69, 9.17) is 0 Å². The number of nitrogens with zero attached hydrogens (tertiary/aromatic N) is 2. The maximum atomic E-state index is 13.5. The highest BCUT2D eigenvalue weighted by molar-refractivity contribution is 5.87. The van der Waals surface area contributed by atoms with Crippen LogP contribution in [0.5, 0.6) is 0 Å². The topological polar surface area (TPSA) is 52.1 Å². The molecule has 0 amide bonds. The predicted molar refractivity (Wildman–Crippen MR) is 58.7 cm³/mol. The van der Waals surface area contributed by atoms with Crippen LogP contribution in [-0.2, 0) is 4.74 Å². The largest absolute Gasteiger partial charge is 0.464 e. The summed E-state index contributed by atoms with van der Waals surface area (Å²) in [5, 5.41) is 0. The van der Waals surface area contributed by atoms with Gasteiger partial charge in [-0.3, -0.25) is 0 Å². The number of hydrogen-bond donors (Lipinski definition) is 0. The van der Waals surface area contributed by atoms with Gasteiger partial charge in [0.25, 0.3) is 0 Å². The second-order valence-corrected chi connectivity index (χ2v) is 3.38. The summed E-state index contributed by atoms with van der Waals surface area (Å²) in [5.41, 5.74) is -0.132. The van der Waals surface area contributed by atoms with E-state index in [1.165, 1.54) is 19.4 Å². The van der Waals surface area contributed by atoms with Crippen LogP contribution in [0.25, 0.3) is 11.4 Å². The molecular weight excluding hydrogens is 242 g/mol. The zero-order valence-corrected chi connectivity index (χ0v) is 9.35. The van der Waals surface area contributed by atoms with Gasteiger partial charge in [0.1, 0.15) is 11.6 Å². The van der Waals surface area contributed by atoms with Gasteiger partial charge in [0.15, 0.2) is 11.5 Å². The minimum Gasteiger partial charge on any atom is -0.464 e. The minimum absolute atomic E-state index is 0.0221. The molecule has 4 nitrogen and oxygen atoms in total. The van der Waals surface area contributed by atoms with E-state index in [1.54, 1.807) is 0 Å². The molecule has 18 heavy (non-hydrogen) atoms. The highest BCUT2D eigenvalue weighted by Gasteiger charge is 2.13. The molecule has 1 aromatic heterocycles. The SMILES string of the molecule is COC(=O)c1ccnc(-c2cc(F)ccc2F)n1. The van der Waals surface area contributed by atoms with Crippen molar-refractivity contribution in [3.05, 3.63) is 47.8 Å². The van der Waals surface area contributed by atoms with Crippen molar-refractivity contribution in [1.29, 1.82) is 0 Å². The molecule has 0 N–H and O–H groups in total. The lowest BCUT2D eigenvalue weighted by molar-refractivity contribution is 0.0594. The van der Waals surface area contributed by atoms with Crippen molar-refractivity contribution in [3.8, 4) is 11.4 Å². The molecule has 0 aliphatic heterocycles. The van der Waals surface area contributed by atoms with Crippen LogP contribution < -0.4 is 0 Å². The molecule has 0 saturated heterocycles. The molecular formula is C12H8F2N2O2. The molecule has 0 fully saturated rings. The van der Waals surface area contributed by atoms with Crippen LogP contribution in [0.4, 0.5) is 8.78 Å². The Morgan fingerprint density at radius 1 is 1.28 bits per heavy atom. The molecule has 0 spiro atoms.